The normalized spacial score (nSPS) is 29.6. The molecule has 1 saturated heterocycles. The average Bonchev–Trinajstić information content (AvgIpc) is 3.23. The second kappa shape index (κ2) is 9.96. The zero-order valence-corrected chi connectivity index (χ0v) is 25.1. The van der Waals surface area contributed by atoms with E-state index in [0.29, 0.717) is 17.1 Å². The van der Waals surface area contributed by atoms with Crippen LogP contribution < -0.4 is 5.32 Å². The first-order valence-corrected chi connectivity index (χ1v) is 16.2. The summed E-state index contributed by atoms with van der Waals surface area (Å²) in [6.45, 7) is 11.5. The van der Waals surface area contributed by atoms with Gasteiger partial charge in [0.05, 0.1) is 30.9 Å². The number of fused-ring (bicyclic) bond motifs is 1. The van der Waals surface area contributed by atoms with Gasteiger partial charge in [0.1, 0.15) is 11.6 Å². The maximum Gasteiger partial charge on any atom is 0.408 e. The molecule has 2 aliphatic carbocycles. The van der Waals surface area contributed by atoms with Crippen molar-refractivity contribution in [2.24, 2.45) is 22.7 Å². The van der Waals surface area contributed by atoms with E-state index in [1.54, 1.807) is 20.8 Å². The minimum atomic E-state index is -5.12. The van der Waals surface area contributed by atoms with Gasteiger partial charge >= 0.3 is 19.4 Å². The molecule has 0 aromatic carbocycles. The molecule has 0 radical (unpaired) electrons. The summed E-state index contributed by atoms with van der Waals surface area (Å²) in [4.78, 5) is 26.7. The van der Waals surface area contributed by atoms with Crippen LogP contribution >= 0.6 is 7.60 Å². The highest BCUT2D eigenvalue weighted by Crippen LogP contribution is 2.70. The molecule has 14 heteroatoms. The van der Waals surface area contributed by atoms with Gasteiger partial charge in [-0.1, -0.05) is 20.8 Å². The molecule has 1 heterocycles. The topological polar surface area (TPSA) is 128 Å². The molecule has 1 spiro atoms. The van der Waals surface area contributed by atoms with E-state index < -0.39 is 64.3 Å². The van der Waals surface area contributed by atoms with Crippen LogP contribution in [0.5, 0.6) is 0 Å². The number of nitrogens with one attached hydrogen (secondary N) is 1. The van der Waals surface area contributed by atoms with Crippen molar-refractivity contribution in [1.82, 2.24) is 9.62 Å². The average molecular weight is 587 g/mol. The van der Waals surface area contributed by atoms with Crippen LogP contribution in [0.1, 0.15) is 74.7 Å². The molecule has 1 aliphatic heterocycles. The standard InChI is InChI=1S/C24H41F2N2O8PS/c1-9-34-37(31,35-10-2)24(25,26)15(3)18(27-20(30)36-21(4,5)6)19(29)28-17-13-16-11-12-23(17,22(16,7)8)14-38(28,32)33/h15-18H,9-14H2,1-8H3,(H,27,30)/t15-,16-,17+,18+,23-/m1/s1. The Balaban J connectivity index is 2.06. The van der Waals surface area contributed by atoms with E-state index >= 15 is 8.78 Å². The molecule has 2 amide bonds. The summed E-state index contributed by atoms with van der Waals surface area (Å²) < 4.78 is 87.4. The Labute approximate surface area is 224 Å². The molecule has 2 saturated carbocycles. The van der Waals surface area contributed by atoms with Crippen molar-refractivity contribution in [1.29, 1.82) is 0 Å². The first-order valence-electron chi connectivity index (χ1n) is 13.0. The number of halogens is 2. The number of alkyl carbamates (subject to hydrolysis) is 1. The molecule has 3 aliphatic rings. The van der Waals surface area contributed by atoms with Crippen LogP contribution in [0.4, 0.5) is 13.6 Å². The van der Waals surface area contributed by atoms with E-state index in [9.17, 15) is 22.6 Å². The quantitative estimate of drug-likeness (QED) is 0.384. The maximum absolute atomic E-state index is 15.8. The lowest BCUT2D eigenvalue weighted by Gasteiger charge is -2.39. The molecule has 2 bridgehead atoms. The van der Waals surface area contributed by atoms with Crippen LogP contribution in [-0.4, -0.2) is 67.0 Å². The van der Waals surface area contributed by atoms with Gasteiger partial charge in [-0.05, 0) is 65.2 Å². The predicted molar refractivity (Wildman–Crippen MR) is 136 cm³/mol. The lowest BCUT2D eigenvalue weighted by molar-refractivity contribution is -0.135. The van der Waals surface area contributed by atoms with Crippen molar-refractivity contribution in [2.45, 2.75) is 98.0 Å². The molecule has 0 aromatic heterocycles. The Morgan fingerprint density at radius 3 is 2.18 bits per heavy atom. The fourth-order valence-electron chi connectivity index (χ4n) is 6.55. The Bertz CT molecular complexity index is 1100. The summed E-state index contributed by atoms with van der Waals surface area (Å²) in [7, 11) is -9.32. The molecule has 3 fully saturated rings. The van der Waals surface area contributed by atoms with Crippen molar-refractivity contribution >= 4 is 29.6 Å². The third-order valence-electron chi connectivity index (χ3n) is 8.58. The summed E-state index contributed by atoms with van der Waals surface area (Å²) >= 11 is 0. The van der Waals surface area contributed by atoms with Crippen LogP contribution in [0.25, 0.3) is 0 Å². The fourth-order valence-corrected chi connectivity index (χ4v) is 10.9. The first-order chi connectivity index (χ1) is 17.2. The Hall–Kier alpha value is -1.30. The van der Waals surface area contributed by atoms with Gasteiger partial charge in [-0.25, -0.2) is 17.5 Å². The Morgan fingerprint density at radius 1 is 1.16 bits per heavy atom. The fraction of sp³-hybridized carbons (Fsp3) is 0.917. The molecule has 3 rings (SSSR count). The number of sulfonamides is 1. The summed E-state index contributed by atoms with van der Waals surface area (Å²) in [5.74, 6) is -3.50. The third kappa shape index (κ3) is 4.90. The van der Waals surface area contributed by atoms with Crippen LogP contribution in [-0.2, 0) is 33.2 Å². The molecule has 0 unspecified atom stereocenters. The van der Waals surface area contributed by atoms with Gasteiger partial charge in [0.15, 0.2) is 0 Å². The number of alkyl halides is 2. The molecule has 1 N–H and O–H groups in total. The van der Waals surface area contributed by atoms with Crippen molar-refractivity contribution in [3.05, 3.63) is 0 Å². The van der Waals surface area contributed by atoms with Crippen molar-refractivity contribution in [2.75, 3.05) is 19.0 Å². The molecule has 10 nitrogen and oxygen atoms in total. The number of carbonyl (C=O) groups excluding carboxylic acids is 2. The van der Waals surface area contributed by atoms with Gasteiger partial charge in [0.25, 0.3) is 5.91 Å². The van der Waals surface area contributed by atoms with Gasteiger partial charge in [-0.3, -0.25) is 9.36 Å². The number of rotatable bonds is 9. The highest BCUT2D eigenvalue weighted by molar-refractivity contribution is 7.90. The highest BCUT2D eigenvalue weighted by Gasteiger charge is 2.73. The zero-order valence-electron chi connectivity index (χ0n) is 23.4. The minimum Gasteiger partial charge on any atom is -0.444 e. The molecule has 0 aromatic rings. The van der Waals surface area contributed by atoms with Crippen LogP contribution in [0.3, 0.4) is 0 Å². The lowest BCUT2D eigenvalue weighted by Crippen LogP contribution is -2.58. The maximum atomic E-state index is 15.8. The highest BCUT2D eigenvalue weighted by atomic mass is 32.2. The van der Waals surface area contributed by atoms with E-state index in [4.69, 9.17) is 13.8 Å². The van der Waals surface area contributed by atoms with E-state index in [1.165, 1.54) is 13.8 Å². The summed E-state index contributed by atoms with van der Waals surface area (Å²) in [5.41, 5.74) is -6.37. The van der Waals surface area contributed by atoms with Gasteiger partial charge < -0.3 is 19.1 Å². The second-order valence-electron chi connectivity index (χ2n) is 12.1. The van der Waals surface area contributed by atoms with E-state index in [2.05, 4.69) is 5.32 Å². The summed E-state index contributed by atoms with van der Waals surface area (Å²) in [5, 5.41) is 2.16. The van der Waals surface area contributed by atoms with Crippen LogP contribution in [0.15, 0.2) is 0 Å². The monoisotopic (exact) mass is 586 g/mol. The molecular formula is C24H41F2N2O8PS. The van der Waals surface area contributed by atoms with E-state index in [1.807, 2.05) is 13.8 Å². The molecular weight excluding hydrogens is 545 g/mol. The minimum absolute atomic E-state index is 0.172. The number of hydrogen-bond acceptors (Lipinski definition) is 8. The van der Waals surface area contributed by atoms with Crippen LogP contribution in [0, 0.1) is 22.7 Å². The predicted octanol–water partition coefficient (Wildman–Crippen LogP) is 4.74. The molecule has 220 valence electrons. The van der Waals surface area contributed by atoms with Gasteiger partial charge in [-0.15, -0.1) is 0 Å². The van der Waals surface area contributed by atoms with Gasteiger partial charge in [0.2, 0.25) is 10.0 Å². The van der Waals surface area contributed by atoms with Crippen molar-refractivity contribution in [3.63, 3.8) is 0 Å². The summed E-state index contributed by atoms with van der Waals surface area (Å²) in [6, 6.07) is -2.82. The third-order valence-corrected chi connectivity index (χ3v) is 12.8. The number of amides is 2. The number of carbonyl (C=O) groups is 2. The molecule has 38 heavy (non-hydrogen) atoms. The number of nitrogens with zero attached hydrogens (tertiary/aromatic N) is 1. The largest absolute Gasteiger partial charge is 0.444 e. The SMILES string of the molecule is CCOP(=O)(OCC)C(F)(F)[C@H](C)[C@H](NC(=O)OC(C)(C)C)C(=O)N1[C@H]2C[C@H]3CC[C@]2(CS1(=O)=O)C3(C)C. The second-order valence-corrected chi connectivity index (χ2v) is 16.0. The molecule has 5 atom stereocenters. The van der Waals surface area contributed by atoms with Gasteiger partial charge in [0, 0.05) is 5.41 Å². The van der Waals surface area contributed by atoms with Crippen molar-refractivity contribution in [3.8, 4) is 0 Å². The zero-order chi connectivity index (χ0) is 29.1. The summed E-state index contributed by atoms with van der Waals surface area (Å²) in [6.07, 6.45) is 0.637. The van der Waals surface area contributed by atoms with E-state index in [-0.39, 0.29) is 30.3 Å². The lowest BCUT2D eigenvalue weighted by atomic mass is 9.69. The number of hydrogen-bond donors (Lipinski definition) is 1. The Kier molecular flexibility index (Phi) is 8.18. The van der Waals surface area contributed by atoms with E-state index in [0.717, 1.165) is 13.3 Å². The number of ether oxygens (including phenoxy) is 1. The van der Waals surface area contributed by atoms with Crippen LogP contribution in [0.2, 0.25) is 0 Å². The van der Waals surface area contributed by atoms with Gasteiger partial charge in [-0.2, -0.15) is 8.78 Å². The Morgan fingerprint density at radius 2 is 1.71 bits per heavy atom. The van der Waals surface area contributed by atoms with Crippen molar-refractivity contribution < 1.29 is 45.1 Å². The first kappa shape index (κ1) is 31.2. The smallest absolute Gasteiger partial charge is 0.408 e.